The van der Waals surface area contributed by atoms with E-state index >= 15 is 4.39 Å². The van der Waals surface area contributed by atoms with Crippen molar-refractivity contribution < 1.29 is 23.3 Å². The average Bonchev–Trinajstić information content (AvgIpc) is 3.22. The number of hydrogen-bond acceptors (Lipinski definition) is 4. The molecule has 6 aromatic carbocycles. The molecule has 6 aromatic rings. The van der Waals surface area contributed by atoms with Crippen molar-refractivity contribution in [3.8, 4) is 34.5 Å². The Bertz CT molecular complexity index is 2110. The predicted molar refractivity (Wildman–Crippen MR) is 231 cm³/mol. The highest BCUT2D eigenvalue weighted by molar-refractivity contribution is 5.39. The Labute approximate surface area is 339 Å². The van der Waals surface area contributed by atoms with Crippen molar-refractivity contribution in [3.63, 3.8) is 0 Å². The normalized spacial score (nSPS) is 13.0. The Kier molecular flexibility index (Phi) is 14.1. The topological polar surface area (TPSA) is 36.9 Å². The van der Waals surface area contributed by atoms with Crippen LogP contribution in [0, 0.1) is 5.82 Å². The van der Waals surface area contributed by atoms with Crippen LogP contribution in [0.25, 0.3) is 0 Å². The van der Waals surface area contributed by atoms with Crippen LogP contribution in [0.4, 0.5) is 4.39 Å². The number of hydrogen-bond donors (Lipinski definition) is 0. The molecule has 296 valence electrons. The molecule has 0 aliphatic carbocycles. The molecule has 0 aliphatic heterocycles. The largest absolute Gasteiger partial charge is 0.494 e. The minimum absolute atomic E-state index is 0.102. The summed E-state index contributed by atoms with van der Waals surface area (Å²) in [4.78, 5) is 0. The molecule has 6 rings (SSSR count). The molecule has 0 heterocycles. The molecule has 0 saturated heterocycles. The molecule has 2 unspecified atom stereocenters. The summed E-state index contributed by atoms with van der Waals surface area (Å²) in [7, 11) is 0. The zero-order valence-electron chi connectivity index (χ0n) is 34.2. The number of aryl methyl sites for hydroxylation is 1. The summed E-state index contributed by atoms with van der Waals surface area (Å²) in [6.45, 7) is 12.3. The van der Waals surface area contributed by atoms with Gasteiger partial charge in [0.05, 0.1) is 13.2 Å². The van der Waals surface area contributed by atoms with Gasteiger partial charge in [-0.3, -0.25) is 0 Å². The van der Waals surface area contributed by atoms with Crippen molar-refractivity contribution in [2.24, 2.45) is 0 Å². The van der Waals surface area contributed by atoms with Gasteiger partial charge in [-0.25, -0.2) is 4.39 Å². The maximum Gasteiger partial charge on any atom is 0.165 e. The highest BCUT2D eigenvalue weighted by Crippen LogP contribution is 2.44. The molecular weight excluding hydrogens is 708 g/mol. The van der Waals surface area contributed by atoms with Gasteiger partial charge < -0.3 is 18.9 Å². The number of rotatable bonds is 20. The fraction of sp³-hybridized carbons (Fsp3) is 0.308. The zero-order valence-corrected chi connectivity index (χ0v) is 34.2. The van der Waals surface area contributed by atoms with Crippen LogP contribution in [-0.2, 0) is 17.3 Å². The summed E-state index contributed by atoms with van der Waals surface area (Å²) < 4.78 is 39.4. The maximum absolute atomic E-state index is 15.4. The fourth-order valence-electron chi connectivity index (χ4n) is 7.80. The summed E-state index contributed by atoms with van der Waals surface area (Å²) in [5.74, 6) is 4.02. The van der Waals surface area contributed by atoms with Crippen LogP contribution in [0.15, 0.2) is 152 Å². The molecule has 0 N–H and O–H groups in total. The van der Waals surface area contributed by atoms with Crippen LogP contribution in [0.2, 0.25) is 0 Å². The van der Waals surface area contributed by atoms with Crippen molar-refractivity contribution in [1.29, 1.82) is 0 Å². The minimum Gasteiger partial charge on any atom is -0.494 e. The lowest BCUT2D eigenvalue weighted by atomic mass is 9.68. The highest BCUT2D eigenvalue weighted by Gasteiger charge is 2.33. The third-order valence-electron chi connectivity index (χ3n) is 11.1. The van der Waals surface area contributed by atoms with Gasteiger partial charge in [0.2, 0.25) is 0 Å². The molecule has 0 fully saturated rings. The highest BCUT2D eigenvalue weighted by atomic mass is 19.1. The van der Waals surface area contributed by atoms with Gasteiger partial charge in [0, 0.05) is 0 Å². The van der Waals surface area contributed by atoms with Gasteiger partial charge in [0.1, 0.15) is 28.7 Å². The molecule has 0 aromatic heterocycles. The van der Waals surface area contributed by atoms with E-state index in [-0.39, 0.29) is 28.3 Å². The van der Waals surface area contributed by atoms with Gasteiger partial charge in [-0.05, 0) is 164 Å². The first-order valence-corrected chi connectivity index (χ1v) is 20.4. The van der Waals surface area contributed by atoms with E-state index in [2.05, 4.69) is 87.5 Å². The molecule has 5 heteroatoms. The lowest BCUT2D eigenvalue weighted by Gasteiger charge is -2.36. The second kappa shape index (κ2) is 19.5. The van der Waals surface area contributed by atoms with E-state index in [1.807, 2.05) is 92.7 Å². The number of para-hydroxylation sites is 2. The van der Waals surface area contributed by atoms with Crippen molar-refractivity contribution in [1.82, 2.24) is 0 Å². The van der Waals surface area contributed by atoms with Crippen molar-refractivity contribution in [2.45, 2.75) is 89.9 Å². The smallest absolute Gasteiger partial charge is 0.165 e. The molecule has 57 heavy (non-hydrogen) atoms. The van der Waals surface area contributed by atoms with E-state index in [9.17, 15) is 0 Å². The molecular formula is C52H57FO4. The summed E-state index contributed by atoms with van der Waals surface area (Å²) >= 11 is 0. The first-order chi connectivity index (χ1) is 27.6. The van der Waals surface area contributed by atoms with E-state index < -0.39 is 0 Å². The van der Waals surface area contributed by atoms with Crippen LogP contribution < -0.4 is 18.9 Å². The van der Waals surface area contributed by atoms with Gasteiger partial charge in [0.25, 0.3) is 0 Å². The second-order valence-electron chi connectivity index (χ2n) is 15.8. The molecule has 0 saturated carbocycles. The summed E-state index contributed by atoms with van der Waals surface area (Å²) in [5, 5.41) is 0. The Morgan fingerprint density at radius 2 is 1.12 bits per heavy atom. The van der Waals surface area contributed by atoms with Crippen molar-refractivity contribution in [2.75, 3.05) is 13.2 Å². The van der Waals surface area contributed by atoms with Crippen molar-refractivity contribution >= 4 is 0 Å². The van der Waals surface area contributed by atoms with Crippen LogP contribution in [0.5, 0.6) is 34.5 Å². The van der Waals surface area contributed by atoms with Crippen LogP contribution in [-0.4, -0.2) is 13.2 Å². The molecule has 0 bridgehead atoms. The Morgan fingerprint density at radius 3 is 1.74 bits per heavy atom. The molecule has 0 radical (unpaired) electrons. The Hall–Kier alpha value is -5.55. The number of halogens is 1. The van der Waals surface area contributed by atoms with Crippen molar-refractivity contribution in [3.05, 3.63) is 180 Å². The van der Waals surface area contributed by atoms with Crippen LogP contribution in [0.1, 0.15) is 94.9 Å². The first-order valence-electron chi connectivity index (χ1n) is 20.4. The molecule has 0 aliphatic rings. The van der Waals surface area contributed by atoms with E-state index in [0.717, 1.165) is 67.1 Å². The van der Waals surface area contributed by atoms with Crippen LogP contribution >= 0.6 is 0 Å². The molecule has 0 spiro atoms. The monoisotopic (exact) mass is 764 g/mol. The maximum atomic E-state index is 15.4. The Morgan fingerprint density at radius 1 is 0.544 bits per heavy atom. The summed E-state index contributed by atoms with van der Waals surface area (Å²) in [6, 6.07) is 50.4. The first kappa shape index (κ1) is 41.1. The van der Waals surface area contributed by atoms with Crippen LogP contribution in [0.3, 0.4) is 0 Å². The van der Waals surface area contributed by atoms with Gasteiger partial charge >= 0.3 is 0 Å². The standard InChI is InChI=1S/C52H57FO4/c1-6-54-44-28-24-42(25-29-44)51(3,4)35-33-41(40-23-32-49(53)50(37-40)57-47-20-12-9-13-21-47)38-52(5,43-26-30-45(31-27-43)55-7-2)34-15-17-39-16-14-22-48(36-39)56-46-18-10-8-11-19-46/h8-14,16,18-32,36-37,41H,6-7,15,17,33-35,38H2,1-5H3. The summed E-state index contributed by atoms with van der Waals surface area (Å²) in [6.07, 6.45) is 5.56. The molecule has 0 amide bonds. The number of ether oxygens (including phenoxy) is 4. The predicted octanol–water partition coefficient (Wildman–Crippen LogP) is 14.4. The summed E-state index contributed by atoms with van der Waals surface area (Å²) in [5.41, 5.74) is 4.55. The zero-order chi connectivity index (χ0) is 40.1. The van der Waals surface area contributed by atoms with Gasteiger partial charge in [-0.1, -0.05) is 99.6 Å². The van der Waals surface area contributed by atoms with Gasteiger partial charge in [-0.15, -0.1) is 0 Å². The quantitative estimate of drug-likeness (QED) is 0.0776. The lowest BCUT2D eigenvalue weighted by Crippen LogP contribution is -2.27. The van der Waals surface area contributed by atoms with E-state index in [1.165, 1.54) is 16.7 Å². The second-order valence-corrected chi connectivity index (χ2v) is 15.8. The van der Waals surface area contributed by atoms with E-state index in [1.54, 1.807) is 6.07 Å². The SMILES string of the molecule is CCOc1ccc(C(C)(C)CCC(CC(C)(CCCc2cccc(Oc3ccccc3)c2)c2ccc(OCC)cc2)c2ccc(F)c(Oc3ccccc3)c2)cc1. The lowest BCUT2D eigenvalue weighted by molar-refractivity contribution is 0.323. The molecule has 2 atom stereocenters. The Balaban J connectivity index is 1.30. The van der Waals surface area contributed by atoms with Gasteiger partial charge in [0.15, 0.2) is 11.6 Å². The third kappa shape index (κ3) is 11.5. The molecule has 4 nitrogen and oxygen atoms in total. The minimum atomic E-state index is -0.371. The van der Waals surface area contributed by atoms with Gasteiger partial charge in [-0.2, -0.15) is 0 Å². The third-order valence-corrected chi connectivity index (χ3v) is 11.1. The van der Waals surface area contributed by atoms with E-state index in [4.69, 9.17) is 18.9 Å². The number of benzene rings is 6. The average molecular weight is 765 g/mol. The van der Waals surface area contributed by atoms with E-state index in [0.29, 0.717) is 19.0 Å². The fourth-order valence-corrected chi connectivity index (χ4v) is 7.80.